The van der Waals surface area contributed by atoms with E-state index in [1.807, 2.05) is 0 Å². The first kappa shape index (κ1) is 45.8. The highest BCUT2D eigenvalue weighted by Gasteiger charge is 2.13. The van der Waals surface area contributed by atoms with Gasteiger partial charge in [-0.1, -0.05) is 157 Å². The number of hydrogen-bond acceptors (Lipinski definition) is 4. The number of unbranched alkanes of at least 4 members (excludes halogenated alkanes) is 16. The largest absolute Gasteiger partial charge is 0.457 e. The Kier molecular flexibility index (Phi) is 39.1. The molecular weight excluding hydrogens is 592 g/mol. The smallest absolute Gasteiger partial charge is 0.306 e. The molecule has 0 saturated heterocycles. The van der Waals surface area contributed by atoms with E-state index in [4.69, 9.17) is 9.47 Å². The van der Waals surface area contributed by atoms with E-state index < -0.39 is 6.10 Å². The first-order chi connectivity index (χ1) is 23.7. The first-order valence-electron chi connectivity index (χ1n) is 20.0. The summed E-state index contributed by atoms with van der Waals surface area (Å²) in [5, 5.41) is 9.58. The van der Waals surface area contributed by atoms with Gasteiger partial charge in [-0.3, -0.25) is 4.79 Å². The molecule has 1 unspecified atom stereocenters. The highest BCUT2D eigenvalue weighted by molar-refractivity contribution is 5.69. The van der Waals surface area contributed by atoms with Gasteiger partial charge in [0.15, 0.2) is 0 Å². The standard InChI is InChI=1S/C44H76O4/c1-3-5-7-9-11-13-15-17-19-20-21-22-23-24-25-26-28-30-32-34-36-38-40-47-42-43(41-45)48-44(46)39-37-35-33-31-29-27-18-16-14-12-10-8-6-4-2/h5,7,11,13,16-19,21-22,24-25,43,45H,3-4,6,8-10,12,14-15,20,23,26-42H2,1-2H3/b7-5-,13-11-,18-16-,19-17-,22-21-,25-24-. The van der Waals surface area contributed by atoms with Crippen molar-refractivity contribution in [2.75, 3.05) is 19.8 Å². The number of esters is 1. The molecule has 0 aromatic rings. The van der Waals surface area contributed by atoms with E-state index in [0.717, 1.165) is 70.6 Å². The number of allylic oxidation sites excluding steroid dienone is 12. The Labute approximate surface area is 297 Å². The molecule has 0 aromatic heterocycles. The van der Waals surface area contributed by atoms with Crippen LogP contribution in [0.1, 0.15) is 174 Å². The molecule has 0 spiro atoms. The van der Waals surface area contributed by atoms with Gasteiger partial charge in [0, 0.05) is 13.0 Å². The third-order valence-corrected chi connectivity index (χ3v) is 8.27. The van der Waals surface area contributed by atoms with E-state index in [1.165, 1.54) is 83.5 Å². The van der Waals surface area contributed by atoms with Crippen molar-refractivity contribution in [3.05, 3.63) is 72.9 Å². The van der Waals surface area contributed by atoms with Crippen molar-refractivity contribution in [3.8, 4) is 0 Å². The summed E-state index contributed by atoms with van der Waals surface area (Å²) < 4.78 is 11.1. The van der Waals surface area contributed by atoms with Crippen LogP contribution in [0.25, 0.3) is 0 Å². The monoisotopic (exact) mass is 669 g/mol. The van der Waals surface area contributed by atoms with Gasteiger partial charge >= 0.3 is 5.97 Å². The molecule has 0 rings (SSSR count). The lowest BCUT2D eigenvalue weighted by Crippen LogP contribution is -2.27. The molecule has 0 fully saturated rings. The quantitative estimate of drug-likeness (QED) is 0.0410. The Hall–Kier alpha value is -2.17. The summed E-state index contributed by atoms with van der Waals surface area (Å²) in [6.07, 6.45) is 55.2. The van der Waals surface area contributed by atoms with E-state index >= 15 is 0 Å². The highest BCUT2D eigenvalue weighted by Crippen LogP contribution is 2.11. The van der Waals surface area contributed by atoms with Gasteiger partial charge in [0.25, 0.3) is 0 Å². The van der Waals surface area contributed by atoms with Crippen LogP contribution in [0.3, 0.4) is 0 Å². The third-order valence-electron chi connectivity index (χ3n) is 8.27. The molecule has 276 valence electrons. The summed E-state index contributed by atoms with van der Waals surface area (Å²) in [5.74, 6) is -0.218. The summed E-state index contributed by atoms with van der Waals surface area (Å²) >= 11 is 0. The lowest BCUT2D eigenvalue weighted by atomic mass is 10.1. The van der Waals surface area contributed by atoms with Crippen LogP contribution in [0.5, 0.6) is 0 Å². The molecule has 4 nitrogen and oxygen atoms in total. The van der Waals surface area contributed by atoms with Crippen LogP contribution in [0.2, 0.25) is 0 Å². The fraction of sp³-hybridized carbons (Fsp3) is 0.705. The zero-order chi connectivity index (χ0) is 34.9. The van der Waals surface area contributed by atoms with Gasteiger partial charge in [0.2, 0.25) is 0 Å². The minimum atomic E-state index is -0.549. The summed E-state index contributed by atoms with van der Waals surface area (Å²) in [6, 6.07) is 0. The van der Waals surface area contributed by atoms with E-state index in [9.17, 15) is 9.90 Å². The lowest BCUT2D eigenvalue weighted by Gasteiger charge is -2.15. The molecule has 0 aliphatic carbocycles. The molecule has 48 heavy (non-hydrogen) atoms. The molecule has 0 aliphatic heterocycles. The lowest BCUT2D eigenvalue weighted by molar-refractivity contribution is -0.154. The van der Waals surface area contributed by atoms with Crippen LogP contribution < -0.4 is 0 Å². The molecule has 0 saturated carbocycles. The number of carbonyl (C=O) groups excluding carboxylic acids is 1. The second-order valence-electron chi connectivity index (χ2n) is 13.0. The van der Waals surface area contributed by atoms with Gasteiger partial charge in [-0.05, 0) is 83.5 Å². The number of rotatable bonds is 36. The predicted molar refractivity (Wildman–Crippen MR) is 209 cm³/mol. The van der Waals surface area contributed by atoms with Crippen LogP contribution in [-0.4, -0.2) is 37.0 Å². The predicted octanol–water partition coefficient (Wildman–Crippen LogP) is 13.0. The SMILES string of the molecule is CC/C=C\C/C=C\C/C=C\C/C=C\C/C=C\CCCCCCCCOCC(CO)OC(=O)CCCCCCC/C=C\CCCCCCC. The Morgan fingerprint density at radius 3 is 1.44 bits per heavy atom. The van der Waals surface area contributed by atoms with Crippen molar-refractivity contribution in [1.29, 1.82) is 0 Å². The summed E-state index contributed by atoms with van der Waals surface area (Å²) in [6.45, 7) is 5.17. The van der Waals surface area contributed by atoms with Crippen molar-refractivity contribution < 1.29 is 19.4 Å². The zero-order valence-corrected chi connectivity index (χ0v) is 31.5. The molecule has 0 aliphatic rings. The zero-order valence-electron chi connectivity index (χ0n) is 31.5. The molecule has 4 heteroatoms. The van der Waals surface area contributed by atoms with Gasteiger partial charge in [0.05, 0.1) is 13.2 Å². The fourth-order valence-corrected chi connectivity index (χ4v) is 5.29. The number of ether oxygens (including phenoxy) is 2. The van der Waals surface area contributed by atoms with Crippen molar-refractivity contribution in [3.63, 3.8) is 0 Å². The molecule has 0 amide bonds. The highest BCUT2D eigenvalue weighted by atomic mass is 16.6. The minimum Gasteiger partial charge on any atom is -0.457 e. The van der Waals surface area contributed by atoms with E-state index in [1.54, 1.807) is 0 Å². The number of carbonyl (C=O) groups is 1. The summed E-state index contributed by atoms with van der Waals surface area (Å²) in [7, 11) is 0. The topological polar surface area (TPSA) is 55.8 Å². The number of aliphatic hydroxyl groups is 1. The normalized spacial score (nSPS) is 13.1. The number of hydrogen-bond donors (Lipinski definition) is 1. The van der Waals surface area contributed by atoms with Crippen molar-refractivity contribution >= 4 is 5.97 Å². The second-order valence-corrected chi connectivity index (χ2v) is 13.0. The van der Waals surface area contributed by atoms with E-state index in [-0.39, 0.29) is 19.2 Å². The van der Waals surface area contributed by atoms with Crippen LogP contribution in [0, 0.1) is 0 Å². The van der Waals surface area contributed by atoms with Crippen LogP contribution in [0.4, 0.5) is 0 Å². The van der Waals surface area contributed by atoms with Gasteiger partial charge in [0.1, 0.15) is 6.10 Å². The van der Waals surface area contributed by atoms with E-state index in [2.05, 4.69) is 86.8 Å². The molecule has 1 N–H and O–H groups in total. The molecule has 0 radical (unpaired) electrons. The molecule has 1 atom stereocenters. The average molecular weight is 669 g/mol. The van der Waals surface area contributed by atoms with Crippen LogP contribution >= 0.6 is 0 Å². The fourth-order valence-electron chi connectivity index (χ4n) is 5.29. The molecule has 0 heterocycles. The Morgan fingerprint density at radius 2 is 0.938 bits per heavy atom. The Bertz CT molecular complexity index is 835. The van der Waals surface area contributed by atoms with Crippen LogP contribution in [-0.2, 0) is 14.3 Å². The minimum absolute atomic E-state index is 0.185. The molecule has 0 bridgehead atoms. The first-order valence-corrected chi connectivity index (χ1v) is 20.0. The van der Waals surface area contributed by atoms with Gasteiger partial charge in [-0.2, -0.15) is 0 Å². The Morgan fingerprint density at radius 1 is 0.521 bits per heavy atom. The third kappa shape index (κ3) is 38.3. The van der Waals surface area contributed by atoms with Crippen molar-refractivity contribution in [1.82, 2.24) is 0 Å². The summed E-state index contributed by atoms with van der Waals surface area (Å²) in [5.41, 5.74) is 0. The van der Waals surface area contributed by atoms with Crippen LogP contribution in [0.15, 0.2) is 72.9 Å². The molecule has 0 aromatic carbocycles. The number of aliphatic hydroxyl groups excluding tert-OH is 1. The van der Waals surface area contributed by atoms with Gasteiger partial charge in [-0.25, -0.2) is 0 Å². The van der Waals surface area contributed by atoms with Crippen molar-refractivity contribution in [2.24, 2.45) is 0 Å². The molecular formula is C44H76O4. The van der Waals surface area contributed by atoms with Gasteiger partial charge < -0.3 is 14.6 Å². The van der Waals surface area contributed by atoms with Crippen molar-refractivity contribution in [2.45, 2.75) is 180 Å². The van der Waals surface area contributed by atoms with Gasteiger partial charge in [-0.15, -0.1) is 0 Å². The average Bonchev–Trinajstić information content (AvgIpc) is 3.09. The summed E-state index contributed by atoms with van der Waals surface area (Å²) in [4.78, 5) is 12.2. The maximum atomic E-state index is 12.2. The maximum absolute atomic E-state index is 12.2. The Balaban J connectivity index is 3.52. The maximum Gasteiger partial charge on any atom is 0.306 e. The van der Waals surface area contributed by atoms with E-state index in [0.29, 0.717) is 13.0 Å². The second kappa shape index (κ2) is 41.0.